The van der Waals surface area contributed by atoms with E-state index in [1.165, 1.54) is 4.90 Å². The van der Waals surface area contributed by atoms with Crippen molar-refractivity contribution in [1.29, 1.82) is 0 Å². The largest absolute Gasteiger partial charge is 0.375 e. The van der Waals surface area contributed by atoms with Crippen molar-refractivity contribution in [2.24, 2.45) is 28.6 Å². The van der Waals surface area contributed by atoms with Crippen LogP contribution in [0.1, 0.15) is 115 Å². The van der Waals surface area contributed by atoms with Crippen LogP contribution in [0.4, 0.5) is 0 Å². The molecule has 0 saturated carbocycles. The van der Waals surface area contributed by atoms with Crippen LogP contribution in [0.5, 0.6) is 0 Å². The number of nitrogens with zero attached hydrogens (tertiary/aromatic N) is 1. The number of carbonyl (C=O) groups is 5. The molecular weight excluding hydrogens is 562 g/mol. The molecule has 254 valence electrons. The van der Waals surface area contributed by atoms with Crippen LogP contribution in [-0.4, -0.2) is 78.4 Å². The molecule has 0 radical (unpaired) electrons. The Morgan fingerprint density at radius 2 is 1.36 bits per heavy atom. The molecule has 1 rings (SSSR count). The summed E-state index contributed by atoms with van der Waals surface area (Å²) >= 11 is 0. The Balaban J connectivity index is 2.39. The van der Waals surface area contributed by atoms with Crippen molar-refractivity contribution in [3.05, 3.63) is 0 Å². The number of carbonyl (C=O) groups excluding carboxylic acids is 5. The fourth-order valence-corrected chi connectivity index (χ4v) is 5.06. The summed E-state index contributed by atoms with van der Waals surface area (Å²) in [4.78, 5) is 63.6. The number of likely N-dealkylation sites (tertiary alicyclic amines) is 1. The van der Waals surface area contributed by atoms with Crippen molar-refractivity contribution in [2.45, 2.75) is 126 Å². The van der Waals surface area contributed by atoms with E-state index < -0.39 is 22.0 Å². The zero-order valence-corrected chi connectivity index (χ0v) is 29.6. The van der Waals surface area contributed by atoms with Gasteiger partial charge in [-0.25, -0.2) is 0 Å². The van der Waals surface area contributed by atoms with E-state index >= 15 is 0 Å². The van der Waals surface area contributed by atoms with Gasteiger partial charge >= 0.3 is 0 Å². The summed E-state index contributed by atoms with van der Waals surface area (Å²) in [6.45, 7) is 24.6. The number of ketones is 1. The van der Waals surface area contributed by atoms with Crippen LogP contribution in [-0.2, 0) is 33.4 Å². The van der Waals surface area contributed by atoms with Crippen LogP contribution in [0.15, 0.2) is 0 Å². The van der Waals surface area contributed by atoms with Gasteiger partial charge in [0.15, 0.2) is 0 Å². The van der Waals surface area contributed by atoms with Crippen molar-refractivity contribution < 1.29 is 33.4 Å². The first-order valence-corrected chi connectivity index (χ1v) is 16.2. The van der Waals surface area contributed by atoms with Crippen LogP contribution >= 0.6 is 0 Å². The van der Waals surface area contributed by atoms with Crippen LogP contribution in [0.2, 0.25) is 0 Å². The lowest BCUT2D eigenvalue weighted by atomic mass is 9.80. The molecule has 10 nitrogen and oxygen atoms in total. The summed E-state index contributed by atoms with van der Waals surface area (Å²) in [7, 11) is 0. The number of rotatable bonds is 20. The lowest BCUT2D eigenvalue weighted by Gasteiger charge is -2.32. The third-order valence-corrected chi connectivity index (χ3v) is 8.56. The van der Waals surface area contributed by atoms with Crippen LogP contribution in [0.25, 0.3) is 0 Å². The molecule has 1 aliphatic rings. The number of imide groups is 1. The van der Waals surface area contributed by atoms with Crippen molar-refractivity contribution in [3.8, 4) is 0 Å². The highest BCUT2D eigenvalue weighted by molar-refractivity contribution is 6.03. The summed E-state index contributed by atoms with van der Waals surface area (Å²) in [6, 6.07) is 0. The number of nitrogens with one attached hydrogen (secondary N) is 2. The lowest BCUT2D eigenvalue weighted by Crippen LogP contribution is -2.44. The van der Waals surface area contributed by atoms with Gasteiger partial charge in [0.1, 0.15) is 5.78 Å². The molecule has 0 bridgehead atoms. The van der Waals surface area contributed by atoms with E-state index in [9.17, 15) is 24.0 Å². The van der Waals surface area contributed by atoms with Crippen molar-refractivity contribution >= 4 is 29.4 Å². The second-order valence-corrected chi connectivity index (χ2v) is 15.5. The minimum Gasteiger partial charge on any atom is -0.375 e. The van der Waals surface area contributed by atoms with E-state index in [1.807, 2.05) is 83.1 Å². The molecule has 1 heterocycles. The first kappa shape index (κ1) is 39.7. The molecule has 0 spiro atoms. The minimum atomic E-state index is -0.768. The van der Waals surface area contributed by atoms with Gasteiger partial charge in [-0.1, -0.05) is 41.5 Å². The lowest BCUT2D eigenvalue weighted by molar-refractivity contribution is -0.140. The maximum atomic E-state index is 13.0. The highest BCUT2D eigenvalue weighted by atomic mass is 16.5. The van der Waals surface area contributed by atoms with E-state index in [1.54, 1.807) is 0 Å². The van der Waals surface area contributed by atoms with Gasteiger partial charge in [-0.05, 0) is 66.7 Å². The maximum absolute atomic E-state index is 13.0. The summed E-state index contributed by atoms with van der Waals surface area (Å²) in [5, 5.41) is 5.85. The second-order valence-electron chi connectivity index (χ2n) is 15.5. The molecule has 0 aromatic carbocycles. The van der Waals surface area contributed by atoms with Gasteiger partial charge in [0.05, 0.1) is 23.2 Å². The van der Waals surface area contributed by atoms with Gasteiger partial charge < -0.3 is 20.1 Å². The van der Waals surface area contributed by atoms with Crippen molar-refractivity contribution in [2.75, 3.05) is 32.8 Å². The standard InChI is InChI=1S/C34H61N3O7/c1-23(2)25-21-27(39)37(29(25)41)19-13-26(38)35-17-14-34(11,12)44-22-32(7,8)30(42)36-18-15-33(9,10)43-20-16-31(5,6)28(40)24(3)4/h23-25H,13-22H2,1-12H3,(H,35,38)(H,36,42). The normalized spacial score (nSPS) is 16.7. The van der Waals surface area contributed by atoms with Crippen LogP contribution < -0.4 is 10.6 Å². The molecule has 1 unspecified atom stereocenters. The average Bonchev–Trinajstić information content (AvgIpc) is 3.18. The van der Waals surface area contributed by atoms with Gasteiger partial charge in [0.2, 0.25) is 23.6 Å². The van der Waals surface area contributed by atoms with Gasteiger partial charge in [-0.15, -0.1) is 0 Å². The van der Waals surface area contributed by atoms with Gasteiger partial charge in [0, 0.05) is 56.3 Å². The summed E-state index contributed by atoms with van der Waals surface area (Å²) in [6.07, 6.45) is 2.07. The maximum Gasteiger partial charge on any atom is 0.233 e. The summed E-state index contributed by atoms with van der Waals surface area (Å²) in [5.74, 6) is -0.738. The summed E-state index contributed by atoms with van der Waals surface area (Å²) < 4.78 is 12.2. The van der Waals surface area contributed by atoms with E-state index in [2.05, 4.69) is 10.6 Å². The van der Waals surface area contributed by atoms with Crippen LogP contribution in [0, 0.1) is 28.6 Å². The molecule has 2 N–H and O–H groups in total. The predicted molar refractivity (Wildman–Crippen MR) is 172 cm³/mol. The molecule has 0 aromatic rings. The molecule has 1 aliphatic heterocycles. The first-order valence-electron chi connectivity index (χ1n) is 16.2. The third-order valence-electron chi connectivity index (χ3n) is 8.56. The number of amides is 4. The molecule has 1 fully saturated rings. The van der Waals surface area contributed by atoms with E-state index in [-0.39, 0.29) is 73.2 Å². The highest BCUT2D eigenvalue weighted by Gasteiger charge is 2.40. The molecule has 0 aromatic heterocycles. The Hall–Kier alpha value is -2.33. The Morgan fingerprint density at radius 1 is 0.818 bits per heavy atom. The van der Waals surface area contributed by atoms with Gasteiger partial charge in [-0.3, -0.25) is 28.9 Å². The number of hydrogen-bond donors (Lipinski definition) is 2. The highest BCUT2D eigenvalue weighted by Crippen LogP contribution is 2.28. The van der Waals surface area contributed by atoms with Crippen LogP contribution in [0.3, 0.4) is 0 Å². The fourth-order valence-electron chi connectivity index (χ4n) is 5.06. The fraction of sp³-hybridized carbons (Fsp3) is 0.853. The molecular formula is C34H61N3O7. The molecule has 44 heavy (non-hydrogen) atoms. The Labute approximate surface area is 266 Å². The molecule has 1 saturated heterocycles. The average molecular weight is 624 g/mol. The number of Topliss-reactive ketones (excluding diaryl/α,β-unsaturated/α-hetero) is 1. The van der Waals surface area contributed by atoms with Crippen molar-refractivity contribution in [3.63, 3.8) is 0 Å². The van der Waals surface area contributed by atoms with E-state index in [4.69, 9.17) is 9.47 Å². The van der Waals surface area contributed by atoms with Gasteiger partial charge in [-0.2, -0.15) is 0 Å². The first-order chi connectivity index (χ1) is 20.0. The Morgan fingerprint density at radius 3 is 1.89 bits per heavy atom. The number of ether oxygens (including phenoxy) is 2. The predicted octanol–water partition coefficient (Wildman–Crippen LogP) is 4.68. The summed E-state index contributed by atoms with van der Waals surface area (Å²) in [5.41, 5.74) is -2.24. The van der Waals surface area contributed by atoms with Gasteiger partial charge in [0.25, 0.3) is 0 Å². The SMILES string of the molecule is CC(C)C(=O)C(C)(C)CCOC(C)(C)CCNC(=O)C(C)(C)COC(C)(C)CCNC(=O)CCN1C(=O)CC(C(C)C)C1=O. The smallest absolute Gasteiger partial charge is 0.233 e. The van der Waals surface area contributed by atoms with E-state index in [0.29, 0.717) is 39.0 Å². The number of hydrogen-bond acceptors (Lipinski definition) is 7. The van der Waals surface area contributed by atoms with E-state index in [0.717, 1.165) is 0 Å². The Bertz CT molecular complexity index is 1010. The third kappa shape index (κ3) is 13.0. The molecule has 10 heteroatoms. The van der Waals surface area contributed by atoms with Crippen molar-refractivity contribution in [1.82, 2.24) is 15.5 Å². The monoisotopic (exact) mass is 623 g/mol. The quantitative estimate of drug-likeness (QED) is 0.188. The second kappa shape index (κ2) is 16.3. The topological polar surface area (TPSA) is 131 Å². The molecule has 4 amide bonds. The Kier molecular flexibility index (Phi) is 14.7. The minimum absolute atomic E-state index is 0.0114. The molecule has 0 aliphatic carbocycles. The zero-order valence-electron chi connectivity index (χ0n) is 29.6. The molecule has 1 atom stereocenters. The zero-order chi connectivity index (χ0) is 34.1.